The summed E-state index contributed by atoms with van der Waals surface area (Å²) < 4.78 is 11.7. The van der Waals surface area contributed by atoms with Crippen molar-refractivity contribution in [3.05, 3.63) is 131 Å². The van der Waals surface area contributed by atoms with Crippen molar-refractivity contribution in [3.8, 4) is 5.88 Å². The highest BCUT2D eigenvalue weighted by Gasteiger charge is 2.38. The van der Waals surface area contributed by atoms with Crippen LogP contribution < -0.4 is 10.1 Å². The summed E-state index contributed by atoms with van der Waals surface area (Å²) in [5, 5.41) is 9.54. The molecule has 0 aliphatic heterocycles. The SMILES string of the molecule is CSC[C@@H](COc1noc2ccc(Cl)cc12)NC(c1ccccc1)(c1ccccc1)c1ccccc1. The number of hydrogen-bond donors (Lipinski definition) is 1. The fourth-order valence-electron chi connectivity index (χ4n) is 4.63. The Bertz CT molecular complexity index is 1300. The van der Waals surface area contributed by atoms with Crippen LogP contribution in [-0.2, 0) is 5.54 Å². The lowest BCUT2D eigenvalue weighted by Crippen LogP contribution is -2.52. The normalized spacial score (nSPS) is 12.5. The highest BCUT2D eigenvalue weighted by molar-refractivity contribution is 7.98. The molecule has 4 aromatic carbocycles. The molecule has 0 saturated heterocycles. The fraction of sp³-hybridized carbons (Fsp3) is 0.167. The largest absolute Gasteiger partial charge is 0.473 e. The van der Waals surface area contributed by atoms with Crippen molar-refractivity contribution in [2.45, 2.75) is 11.6 Å². The number of halogens is 1. The maximum atomic E-state index is 6.24. The molecule has 4 nitrogen and oxygen atoms in total. The van der Waals surface area contributed by atoms with Gasteiger partial charge in [0.2, 0.25) is 0 Å². The van der Waals surface area contributed by atoms with Gasteiger partial charge in [0.25, 0.3) is 5.88 Å². The molecule has 5 rings (SSSR count). The first-order valence-corrected chi connectivity index (χ1v) is 13.6. The molecule has 0 unspecified atom stereocenters. The second-order valence-electron chi connectivity index (χ2n) is 8.58. The van der Waals surface area contributed by atoms with Gasteiger partial charge in [0.05, 0.1) is 17.0 Å². The second kappa shape index (κ2) is 11.2. The molecular weight excluding hydrogens is 488 g/mol. The minimum atomic E-state index is -0.581. The van der Waals surface area contributed by atoms with Crippen LogP contribution >= 0.6 is 23.4 Å². The molecule has 0 amide bonds. The highest BCUT2D eigenvalue weighted by atomic mass is 35.5. The topological polar surface area (TPSA) is 47.3 Å². The third kappa shape index (κ3) is 5.00. The number of benzene rings is 4. The lowest BCUT2D eigenvalue weighted by Gasteiger charge is -2.40. The van der Waals surface area contributed by atoms with Gasteiger partial charge in [-0.2, -0.15) is 11.8 Å². The number of aromatic nitrogens is 1. The molecule has 0 radical (unpaired) electrons. The van der Waals surface area contributed by atoms with Gasteiger partial charge in [0, 0.05) is 10.8 Å². The molecule has 6 heteroatoms. The van der Waals surface area contributed by atoms with E-state index in [4.69, 9.17) is 20.9 Å². The Morgan fingerprint density at radius 2 is 1.42 bits per heavy atom. The zero-order valence-corrected chi connectivity index (χ0v) is 21.5. The smallest absolute Gasteiger partial charge is 0.262 e. The van der Waals surface area contributed by atoms with Gasteiger partial charge in [-0.05, 0) is 46.3 Å². The summed E-state index contributed by atoms with van der Waals surface area (Å²) in [5.41, 5.74) is 3.55. The van der Waals surface area contributed by atoms with Crippen LogP contribution in [0.4, 0.5) is 0 Å². The van der Waals surface area contributed by atoms with E-state index in [2.05, 4.69) is 89.5 Å². The van der Waals surface area contributed by atoms with Gasteiger partial charge in [-0.1, -0.05) is 103 Å². The zero-order chi connectivity index (χ0) is 24.8. The molecule has 0 aliphatic rings. The van der Waals surface area contributed by atoms with Crippen molar-refractivity contribution in [1.29, 1.82) is 0 Å². The molecule has 1 atom stereocenters. The maximum absolute atomic E-state index is 6.24. The molecule has 182 valence electrons. The van der Waals surface area contributed by atoms with E-state index in [0.717, 1.165) is 27.8 Å². The van der Waals surface area contributed by atoms with E-state index in [1.807, 2.05) is 24.3 Å². The fourth-order valence-corrected chi connectivity index (χ4v) is 5.38. The molecule has 36 heavy (non-hydrogen) atoms. The van der Waals surface area contributed by atoms with E-state index in [1.165, 1.54) is 0 Å². The second-order valence-corrected chi connectivity index (χ2v) is 9.93. The molecule has 0 bridgehead atoms. The number of fused-ring (bicyclic) bond motifs is 1. The average molecular weight is 515 g/mol. The Hall–Kier alpha value is -3.25. The molecule has 0 spiro atoms. The van der Waals surface area contributed by atoms with Crippen LogP contribution in [0.1, 0.15) is 16.7 Å². The van der Waals surface area contributed by atoms with E-state index in [0.29, 0.717) is 23.1 Å². The number of nitrogens with one attached hydrogen (secondary N) is 1. The van der Waals surface area contributed by atoms with Crippen LogP contribution in [0, 0.1) is 0 Å². The Morgan fingerprint density at radius 3 is 1.94 bits per heavy atom. The van der Waals surface area contributed by atoms with Crippen LogP contribution in [0.15, 0.2) is 114 Å². The van der Waals surface area contributed by atoms with Crippen molar-refractivity contribution in [3.63, 3.8) is 0 Å². The molecule has 5 aromatic rings. The van der Waals surface area contributed by atoms with Gasteiger partial charge < -0.3 is 9.26 Å². The monoisotopic (exact) mass is 514 g/mol. The minimum Gasteiger partial charge on any atom is -0.473 e. The third-order valence-corrected chi connectivity index (χ3v) is 7.20. The highest BCUT2D eigenvalue weighted by Crippen LogP contribution is 2.37. The first-order chi connectivity index (χ1) is 17.7. The first-order valence-electron chi connectivity index (χ1n) is 11.8. The van der Waals surface area contributed by atoms with Gasteiger partial charge in [-0.15, -0.1) is 0 Å². The lowest BCUT2D eigenvalue weighted by molar-refractivity contribution is 0.236. The van der Waals surface area contributed by atoms with Gasteiger partial charge in [0.1, 0.15) is 6.61 Å². The summed E-state index contributed by atoms with van der Waals surface area (Å²) in [5.74, 6) is 1.29. The predicted octanol–water partition coefficient (Wildman–Crippen LogP) is 7.17. The lowest BCUT2D eigenvalue weighted by atomic mass is 9.76. The Morgan fingerprint density at radius 1 is 0.861 bits per heavy atom. The Balaban J connectivity index is 1.55. The zero-order valence-electron chi connectivity index (χ0n) is 19.9. The van der Waals surface area contributed by atoms with Gasteiger partial charge >= 0.3 is 0 Å². The van der Waals surface area contributed by atoms with Crippen LogP contribution in [0.2, 0.25) is 5.02 Å². The quantitative estimate of drug-likeness (QED) is 0.200. The van der Waals surface area contributed by atoms with Crippen LogP contribution in [0.25, 0.3) is 11.0 Å². The summed E-state index contributed by atoms with van der Waals surface area (Å²) in [7, 11) is 0. The van der Waals surface area contributed by atoms with Crippen LogP contribution in [-0.4, -0.2) is 29.8 Å². The van der Waals surface area contributed by atoms with Gasteiger partial charge in [-0.25, -0.2) is 0 Å². The Kier molecular flexibility index (Phi) is 7.61. The van der Waals surface area contributed by atoms with Crippen molar-refractivity contribution in [1.82, 2.24) is 10.5 Å². The minimum absolute atomic E-state index is 0.00782. The van der Waals surface area contributed by atoms with E-state index in [1.54, 1.807) is 23.9 Å². The van der Waals surface area contributed by atoms with Crippen LogP contribution in [0.3, 0.4) is 0 Å². The number of nitrogens with zero attached hydrogens (tertiary/aromatic N) is 1. The van der Waals surface area contributed by atoms with E-state index >= 15 is 0 Å². The van der Waals surface area contributed by atoms with E-state index in [9.17, 15) is 0 Å². The standard InChI is InChI=1S/C30H27ClN2O2S/c1-36-21-26(20-34-29-27-19-25(31)17-18-28(27)35-33-29)32-30(22-11-5-2-6-12-22,23-13-7-3-8-14-23)24-15-9-4-10-16-24/h2-19,26,32H,20-21H2,1H3/t26-/m1/s1. The number of hydrogen-bond acceptors (Lipinski definition) is 5. The maximum Gasteiger partial charge on any atom is 0.262 e. The average Bonchev–Trinajstić information content (AvgIpc) is 3.33. The molecule has 0 aliphatic carbocycles. The third-order valence-electron chi connectivity index (χ3n) is 6.23. The molecule has 1 N–H and O–H groups in total. The van der Waals surface area contributed by atoms with Gasteiger partial charge in [0.15, 0.2) is 5.58 Å². The molecule has 1 aromatic heterocycles. The summed E-state index contributed by atoms with van der Waals surface area (Å²) in [6.07, 6.45) is 2.11. The van der Waals surface area contributed by atoms with Gasteiger partial charge in [-0.3, -0.25) is 5.32 Å². The van der Waals surface area contributed by atoms with Crippen molar-refractivity contribution < 1.29 is 9.26 Å². The van der Waals surface area contributed by atoms with Crippen molar-refractivity contribution in [2.24, 2.45) is 0 Å². The number of rotatable bonds is 10. The van der Waals surface area contributed by atoms with E-state index in [-0.39, 0.29) is 6.04 Å². The summed E-state index contributed by atoms with van der Waals surface area (Å²) in [4.78, 5) is 0. The molecular formula is C30H27ClN2O2S. The Labute approximate surface area is 220 Å². The summed E-state index contributed by atoms with van der Waals surface area (Å²) in [6, 6.07) is 37.1. The number of thioether (sulfide) groups is 1. The van der Waals surface area contributed by atoms with E-state index < -0.39 is 5.54 Å². The predicted molar refractivity (Wildman–Crippen MR) is 149 cm³/mol. The van der Waals surface area contributed by atoms with Crippen LogP contribution in [0.5, 0.6) is 5.88 Å². The first kappa shape index (κ1) is 24.4. The molecule has 0 fully saturated rings. The van der Waals surface area contributed by atoms with Crippen molar-refractivity contribution >= 4 is 34.3 Å². The molecule has 1 heterocycles. The number of ether oxygens (including phenoxy) is 1. The summed E-state index contributed by atoms with van der Waals surface area (Å²) >= 11 is 7.98. The van der Waals surface area contributed by atoms with Crippen molar-refractivity contribution in [2.75, 3.05) is 18.6 Å². The summed E-state index contributed by atoms with van der Waals surface area (Å²) in [6.45, 7) is 0.406. The molecule has 0 saturated carbocycles.